The Balaban J connectivity index is 1.86. The van der Waals surface area contributed by atoms with E-state index in [9.17, 15) is 34.8 Å². The van der Waals surface area contributed by atoms with Gasteiger partial charge in [0.05, 0.1) is 28.7 Å². The minimum atomic E-state index is -0.729. The molecule has 0 fully saturated rings. The zero-order valence-corrected chi connectivity index (χ0v) is 16.1. The molecule has 7 nitrogen and oxygen atoms in total. The molecule has 0 saturated carbocycles. The summed E-state index contributed by atoms with van der Waals surface area (Å²) in [6, 6.07) is 15.5. The monoisotopic (exact) mass is 418 g/mol. The summed E-state index contributed by atoms with van der Waals surface area (Å²) in [7, 11) is 0. The van der Waals surface area contributed by atoms with Gasteiger partial charge in [0, 0.05) is 6.08 Å². The quantitative estimate of drug-likeness (QED) is 0.197. The molecule has 3 aromatic carbocycles. The summed E-state index contributed by atoms with van der Waals surface area (Å²) in [5, 5.41) is 40.3. The van der Waals surface area contributed by atoms with Crippen LogP contribution in [0, 0.1) is 0 Å². The Labute approximate surface area is 177 Å². The van der Waals surface area contributed by atoms with Gasteiger partial charge in [0.2, 0.25) is 0 Å². The van der Waals surface area contributed by atoms with Crippen molar-refractivity contribution in [2.24, 2.45) is 0 Å². The summed E-state index contributed by atoms with van der Waals surface area (Å²) in [4.78, 5) is 37.2. The number of phenols is 3. The van der Waals surface area contributed by atoms with Crippen molar-refractivity contribution in [2.75, 3.05) is 0 Å². The molecule has 0 heterocycles. The molecule has 3 aromatic rings. The third-order valence-corrected chi connectivity index (χ3v) is 4.58. The molecule has 31 heavy (non-hydrogen) atoms. The lowest BCUT2D eigenvalue weighted by Crippen LogP contribution is -2.09. The molecule has 0 radical (unpaired) electrons. The minimum Gasteiger partial charge on any atom is -0.507 e. The van der Waals surface area contributed by atoms with Gasteiger partial charge in [-0.3, -0.25) is 14.4 Å². The normalized spacial score (nSPS) is 11.2. The number of rotatable bonds is 7. The Kier molecular flexibility index (Phi) is 6.16. The summed E-state index contributed by atoms with van der Waals surface area (Å²) in [6.07, 6.45) is 0.196. The predicted octanol–water partition coefficient (Wildman–Crippen LogP) is 4.04. The van der Waals surface area contributed by atoms with Crippen molar-refractivity contribution in [1.29, 1.82) is 0 Å². The number of aliphatic hydroxyl groups excluding tert-OH is 1. The van der Waals surface area contributed by atoms with E-state index in [0.29, 0.717) is 0 Å². The molecule has 0 saturated heterocycles. The van der Waals surface area contributed by atoms with Crippen LogP contribution in [0.5, 0.6) is 17.2 Å². The molecular formula is C24H18O7. The number of ketones is 3. The van der Waals surface area contributed by atoms with Gasteiger partial charge >= 0.3 is 0 Å². The van der Waals surface area contributed by atoms with E-state index in [-0.39, 0.29) is 33.8 Å². The van der Waals surface area contributed by atoms with Crippen LogP contribution in [0.1, 0.15) is 43.1 Å². The second-order valence-corrected chi connectivity index (χ2v) is 6.65. The average molecular weight is 418 g/mol. The van der Waals surface area contributed by atoms with Crippen LogP contribution >= 0.6 is 0 Å². The molecule has 3 rings (SSSR count). The van der Waals surface area contributed by atoms with Gasteiger partial charge in [0.15, 0.2) is 17.3 Å². The fraction of sp³-hybridized carbons (Fsp3) is 0.0417. The van der Waals surface area contributed by atoms with Gasteiger partial charge in [0.25, 0.3) is 0 Å². The number of hydrogen-bond donors (Lipinski definition) is 4. The van der Waals surface area contributed by atoms with Crippen LogP contribution < -0.4 is 0 Å². The van der Waals surface area contributed by atoms with Crippen LogP contribution in [0.25, 0.3) is 5.76 Å². The van der Waals surface area contributed by atoms with E-state index in [1.807, 2.05) is 0 Å². The summed E-state index contributed by atoms with van der Waals surface area (Å²) in [5.74, 6) is -3.82. The highest BCUT2D eigenvalue weighted by Crippen LogP contribution is 2.30. The van der Waals surface area contributed by atoms with Gasteiger partial charge < -0.3 is 20.4 Å². The number of carbonyl (C=O) groups excluding carboxylic acids is 3. The summed E-state index contributed by atoms with van der Waals surface area (Å²) in [5.41, 5.74) is -0.489. The molecule has 0 aliphatic rings. The van der Waals surface area contributed by atoms with Crippen LogP contribution in [0.4, 0.5) is 0 Å². The Morgan fingerprint density at radius 1 is 0.645 bits per heavy atom. The zero-order chi connectivity index (χ0) is 22.5. The molecule has 0 aromatic heterocycles. The second-order valence-electron chi connectivity index (χ2n) is 6.65. The number of phenolic OH excluding ortho intramolecular Hbond substituents is 3. The van der Waals surface area contributed by atoms with Crippen molar-refractivity contribution >= 4 is 23.1 Å². The first-order valence-electron chi connectivity index (χ1n) is 9.19. The van der Waals surface area contributed by atoms with Crippen molar-refractivity contribution in [3.63, 3.8) is 0 Å². The van der Waals surface area contributed by atoms with Crippen LogP contribution in [0.3, 0.4) is 0 Å². The third-order valence-electron chi connectivity index (χ3n) is 4.58. The lowest BCUT2D eigenvalue weighted by molar-refractivity contribution is 0.0891. The molecule has 0 bridgehead atoms. The van der Waals surface area contributed by atoms with E-state index in [2.05, 4.69) is 0 Å². The molecule has 0 spiro atoms. The van der Waals surface area contributed by atoms with Gasteiger partial charge in [-0.1, -0.05) is 30.3 Å². The Morgan fingerprint density at radius 2 is 1.13 bits per heavy atom. The van der Waals surface area contributed by atoms with Crippen molar-refractivity contribution in [1.82, 2.24) is 0 Å². The lowest BCUT2D eigenvalue weighted by atomic mass is 9.97. The van der Waals surface area contributed by atoms with E-state index in [0.717, 1.165) is 6.08 Å². The van der Waals surface area contributed by atoms with Crippen LogP contribution in [-0.2, 0) is 0 Å². The number of benzene rings is 3. The Hall–Kier alpha value is -4.39. The van der Waals surface area contributed by atoms with Gasteiger partial charge in [0.1, 0.15) is 23.0 Å². The van der Waals surface area contributed by atoms with Crippen LogP contribution in [0.2, 0.25) is 0 Å². The van der Waals surface area contributed by atoms with Gasteiger partial charge in [-0.05, 0) is 36.4 Å². The number of aromatic hydroxyl groups is 3. The largest absolute Gasteiger partial charge is 0.507 e. The summed E-state index contributed by atoms with van der Waals surface area (Å²) in [6.45, 7) is 0. The first-order valence-corrected chi connectivity index (χ1v) is 9.19. The fourth-order valence-corrected chi connectivity index (χ4v) is 2.98. The lowest BCUT2D eigenvalue weighted by Gasteiger charge is -2.09. The van der Waals surface area contributed by atoms with Crippen molar-refractivity contribution in [3.05, 3.63) is 95.1 Å². The topological polar surface area (TPSA) is 132 Å². The second kappa shape index (κ2) is 8.96. The Morgan fingerprint density at radius 3 is 1.74 bits per heavy atom. The van der Waals surface area contributed by atoms with E-state index in [1.165, 1.54) is 60.7 Å². The maximum Gasteiger partial charge on any atom is 0.193 e. The molecular weight excluding hydrogens is 400 g/mol. The molecule has 0 unspecified atom stereocenters. The molecule has 0 aliphatic carbocycles. The Bertz CT molecular complexity index is 1210. The number of carbonyl (C=O) groups is 3. The van der Waals surface area contributed by atoms with Crippen molar-refractivity contribution < 1.29 is 34.8 Å². The van der Waals surface area contributed by atoms with E-state index in [1.54, 1.807) is 6.07 Å². The number of hydrogen-bond acceptors (Lipinski definition) is 7. The van der Waals surface area contributed by atoms with Gasteiger partial charge in [-0.25, -0.2) is 0 Å². The number of para-hydroxylation sites is 3. The smallest absolute Gasteiger partial charge is 0.193 e. The molecule has 156 valence electrons. The maximum absolute atomic E-state index is 12.6. The van der Waals surface area contributed by atoms with Gasteiger partial charge in [-0.2, -0.15) is 0 Å². The standard InChI is InChI=1S/C24H18O7/c25-18-10-3-1-6-14(18)20(27)12-22(29)16-8-5-9-17(24(16)31)23(30)13-21(28)15-7-2-4-11-19(15)26/h1-12,25-26,29,31H,13H2/b22-12-. The molecule has 4 N–H and O–H groups in total. The van der Waals surface area contributed by atoms with Crippen LogP contribution in [-0.4, -0.2) is 37.8 Å². The molecule has 0 aliphatic heterocycles. The molecule has 0 amide bonds. The zero-order valence-electron chi connectivity index (χ0n) is 16.1. The van der Waals surface area contributed by atoms with E-state index in [4.69, 9.17) is 0 Å². The average Bonchev–Trinajstić information content (AvgIpc) is 2.74. The van der Waals surface area contributed by atoms with Crippen LogP contribution in [0.15, 0.2) is 72.8 Å². The van der Waals surface area contributed by atoms with Gasteiger partial charge in [-0.15, -0.1) is 0 Å². The minimum absolute atomic E-state index is 0.0255. The number of aliphatic hydroxyl groups is 1. The third kappa shape index (κ3) is 4.62. The highest BCUT2D eigenvalue weighted by atomic mass is 16.3. The summed E-state index contributed by atoms with van der Waals surface area (Å²) < 4.78 is 0. The highest BCUT2D eigenvalue weighted by Gasteiger charge is 2.21. The SMILES string of the molecule is O=C(/C=C(\O)c1cccc(C(=O)CC(=O)c2ccccc2O)c1O)c1ccccc1O. The molecule has 0 atom stereocenters. The summed E-state index contributed by atoms with van der Waals surface area (Å²) >= 11 is 0. The van der Waals surface area contributed by atoms with Crippen molar-refractivity contribution in [3.8, 4) is 17.2 Å². The van der Waals surface area contributed by atoms with E-state index < -0.39 is 35.3 Å². The highest BCUT2D eigenvalue weighted by molar-refractivity contribution is 6.16. The van der Waals surface area contributed by atoms with Crippen molar-refractivity contribution in [2.45, 2.75) is 6.42 Å². The first-order chi connectivity index (χ1) is 14.8. The number of Topliss-reactive ketones (excluding diaryl/α,β-unsaturated/α-hetero) is 2. The fourth-order valence-electron chi connectivity index (χ4n) is 2.98. The van der Waals surface area contributed by atoms with E-state index >= 15 is 0 Å². The first kappa shape index (κ1) is 21.3. The predicted molar refractivity (Wildman–Crippen MR) is 113 cm³/mol. The number of allylic oxidation sites excluding steroid dienone is 1. The maximum atomic E-state index is 12.6. The molecule has 7 heteroatoms.